The van der Waals surface area contributed by atoms with E-state index in [-0.39, 0.29) is 5.41 Å². The molecule has 1 aliphatic rings. The van der Waals surface area contributed by atoms with Crippen molar-refractivity contribution < 1.29 is 0 Å². The van der Waals surface area contributed by atoms with Crippen molar-refractivity contribution >= 4 is 5.57 Å². The van der Waals surface area contributed by atoms with E-state index in [9.17, 15) is 0 Å². The van der Waals surface area contributed by atoms with Crippen LogP contribution in [0.3, 0.4) is 0 Å². The first kappa shape index (κ1) is 17.7. The maximum Gasteiger partial charge on any atom is -0.0124 e. The number of hydrogen-bond acceptors (Lipinski definition) is 0. The normalized spacial score (nSPS) is 19.2. The first-order chi connectivity index (χ1) is 12.0. The van der Waals surface area contributed by atoms with E-state index in [4.69, 9.17) is 0 Å². The van der Waals surface area contributed by atoms with Gasteiger partial charge in [-0.15, -0.1) is 0 Å². The molecule has 0 N–H and O–H groups in total. The van der Waals surface area contributed by atoms with E-state index >= 15 is 0 Å². The van der Waals surface area contributed by atoms with Crippen LogP contribution in [0.25, 0.3) is 5.57 Å². The summed E-state index contributed by atoms with van der Waals surface area (Å²) in [4.78, 5) is 0. The fraction of sp³-hybridized carbons (Fsp3) is 0.360. The van der Waals surface area contributed by atoms with Gasteiger partial charge in [0.2, 0.25) is 0 Å². The maximum atomic E-state index is 2.51. The fourth-order valence-corrected chi connectivity index (χ4v) is 4.21. The van der Waals surface area contributed by atoms with Crippen LogP contribution in [0.15, 0.2) is 77.9 Å². The molecule has 0 saturated heterocycles. The molecule has 0 nitrogen and oxygen atoms in total. The topological polar surface area (TPSA) is 0 Å². The average Bonchev–Trinajstić information content (AvgIpc) is 2.63. The average molecular weight is 331 g/mol. The van der Waals surface area contributed by atoms with E-state index in [1.54, 1.807) is 5.57 Å². The molecule has 1 aliphatic carbocycles. The second kappa shape index (κ2) is 7.44. The molecule has 2 aromatic rings. The number of allylic oxidation sites excluding steroid dienone is 4. The van der Waals surface area contributed by atoms with Gasteiger partial charge in [-0.25, -0.2) is 0 Å². The van der Waals surface area contributed by atoms with Crippen molar-refractivity contribution in [3.05, 3.63) is 89.0 Å². The van der Waals surface area contributed by atoms with Crippen molar-refractivity contribution in [2.24, 2.45) is 5.41 Å². The van der Waals surface area contributed by atoms with Crippen LogP contribution in [0.2, 0.25) is 0 Å². The van der Waals surface area contributed by atoms with Crippen molar-refractivity contribution in [1.82, 2.24) is 0 Å². The van der Waals surface area contributed by atoms with Crippen molar-refractivity contribution in [3.63, 3.8) is 0 Å². The van der Waals surface area contributed by atoms with Gasteiger partial charge < -0.3 is 0 Å². The fourth-order valence-electron chi connectivity index (χ4n) is 4.21. The highest BCUT2D eigenvalue weighted by atomic mass is 14.3. The summed E-state index contributed by atoms with van der Waals surface area (Å²) in [5.74, 6) is 0.670. The van der Waals surface area contributed by atoms with E-state index < -0.39 is 0 Å². The number of rotatable bonds is 3. The highest BCUT2D eigenvalue weighted by Gasteiger charge is 2.26. The zero-order chi connectivity index (χ0) is 17.9. The second-order valence-electron chi connectivity index (χ2n) is 8.23. The SMILES string of the molecule is C/C(=C(/C1=CCC(c2ccccc2)CC1)C(C)(C)C)c1ccccc1. The van der Waals surface area contributed by atoms with Gasteiger partial charge in [-0.05, 0) is 65.4 Å². The predicted octanol–water partition coefficient (Wildman–Crippen LogP) is 7.40. The first-order valence-corrected chi connectivity index (χ1v) is 9.48. The third-order valence-corrected chi connectivity index (χ3v) is 5.33. The Balaban J connectivity index is 1.93. The summed E-state index contributed by atoms with van der Waals surface area (Å²) < 4.78 is 0. The van der Waals surface area contributed by atoms with Gasteiger partial charge in [0, 0.05) is 0 Å². The summed E-state index contributed by atoms with van der Waals surface area (Å²) in [6.45, 7) is 9.33. The Morgan fingerprint density at radius 1 is 0.880 bits per heavy atom. The van der Waals surface area contributed by atoms with E-state index in [2.05, 4.69) is 94.4 Å². The van der Waals surface area contributed by atoms with Crippen molar-refractivity contribution in [2.75, 3.05) is 0 Å². The lowest BCUT2D eigenvalue weighted by Crippen LogP contribution is -2.16. The zero-order valence-electron chi connectivity index (χ0n) is 16.0. The maximum absolute atomic E-state index is 2.51. The van der Waals surface area contributed by atoms with Crippen LogP contribution < -0.4 is 0 Å². The van der Waals surface area contributed by atoms with E-state index in [0.29, 0.717) is 5.92 Å². The Hall–Kier alpha value is -2.08. The number of benzene rings is 2. The second-order valence-corrected chi connectivity index (χ2v) is 8.23. The molecule has 0 fully saturated rings. The van der Waals surface area contributed by atoms with Gasteiger partial charge in [-0.3, -0.25) is 0 Å². The molecule has 0 aliphatic heterocycles. The molecule has 0 radical (unpaired) electrons. The minimum absolute atomic E-state index is 0.158. The Kier molecular flexibility index (Phi) is 5.27. The third-order valence-electron chi connectivity index (χ3n) is 5.33. The van der Waals surface area contributed by atoms with Gasteiger partial charge in [-0.2, -0.15) is 0 Å². The first-order valence-electron chi connectivity index (χ1n) is 9.48. The minimum atomic E-state index is 0.158. The lowest BCUT2D eigenvalue weighted by Gasteiger charge is -2.32. The van der Waals surface area contributed by atoms with E-state index in [1.807, 2.05) is 0 Å². The van der Waals surface area contributed by atoms with E-state index in [1.165, 1.54) is 35.1 Å². The van der Waals surface area contributed by atoms with Crippen molar-refractivity contribution in [1.29, 1.82) is 0 Å². The van der Waals surface area contributed by atoms with Crippen molar-refractivity contribution in [2.45, 2.75) is 52.9 Å². The molecule has 0 heteroatoms. The molecule has 0 aromatic heterocycles. The largest absolute Gasteiger partial charge is 0.0804 e. The van der Waals surface area contributed by atoms with Gasteiger partial charge in [0.15, 0.2) is 0 Å². The molecule has 2 aromatic carbocycles. The summed E-state index contributed by atoms with van der Waals surface area (Å²) >= 11 is 0. The smallest absolute Gasteiger partial charge is 0.0124 e. The Morgan fingerprint density at radius 3 is 2.00 bits per heavy atom. The molecule has 0 bridgehead atoms. The van der Waals surface area contributed by atoms with Crippen molar-refractivity contribution in [3.8, 4) is 0 Å². The molecule has 3 rings (SSSR count). The Morgan fingerprint density at radius 2 is 1.48 bits per heavy atom. The van der Waals surface area contributed by atoms with Crippen LogP contribution in [0.4, 0.5) is 0 Å². The van der Waals surface area contributed by atoms with Crippen LogP contribution >= 0.6 is 0 Å². The van der Waals surface area contributed by atoms with Gasteiger partial charge >= 0.3 is 0 Å². The Labute approximate surface area is 153 Å². The summed E-state index contributed by atoms with van der Waals surface area (Å²) in [5.41, 5.74) is 7.51. The highest BCUT2D eigenvalue weighted by Crippen LogP contribution is 2.43. The van der Waals surface area contributed by atoms with Crippen LogP contribution in [0, 0.1) is 5.41 Å². The molecule has 1 unspecified atom stereocenters. The Bertz CT molecular complexity index is 755. The lowest BCUT2D eigenvalue weighted by molar-refractivity contribution is 0.495. The van der Waals surface area contributed by atoms with Crippen LogP contribution in [0.5, 0.6) is 0 Å². The van der Waals surface area contributed by atoms with Crippen LogP contribution in [-0.2, 0) is 0 Å². The molecular weight excluding hydrogens is 300 g/mol. The quantitative estimate of drug-likeness (QED) is 0.550. The van der Waals surface area contributed by atoms with Crippen LogP contribution in [0.1, 0.15) is 64.0 Å². The summed E-state index contributed by atoms with van der Waals surface area (Å²) in [7, 11) is 0. The molecular formula is C25H30. The molecule has 0 spiro atoms. The summed E-state index contributed by atoms with van der Waals surface area (Å²) in [6.07, 6.45) is 6.09. The lowest BCUT2D eigenvalue weighted by atomic mass is 9.73. The predicted molar refractivity (Wildman–Crippen MR) is 110 cm³/mol. The van der Waals surface area contributed by atoms with E-state index in [0.717, 1.165) is 6.42 Å². The standard InChI is InChI=1S/C25H30/c1-19(20-11-7-5-8-12-20)24(25(2,3)4)23-17-15-22(16-18-23)21-13-9-6-10-14-21/h5-14,17,22H,15-16,18H2,1-4H3/b24-19+. The summed E-state index contributed by atoms with van der Waals surface area (Å²) in [5, 5.41) is 0. The van der Waals surface area contributed by atoms with Gasteiger partial charge in [-0.1, -0.05) is 87.5 Å². The molecule has 0 saturated carbocycles. The molecule has 0 heterocycles. The van der Waals surface area contributed by atoms with Gasteiger partial charge in [0.1, 0.15) is 0 Å². The highest BCUT2D eigenvalue weighted by molar-refractivity contribution is 5.72. The molecule has 25 heavy (non-hydrogen) atoms. The third kappa shape index (κ3) is 4.12. The molecule has 130 valence electrons. The minimum Gasteiger partial charge on any atom is -0.0804 e. The summed E-state index contributed by atoms with van der Waals surface area (Å²) in [6, 6.07) is 21.8. The van der Waals surface area contributed by atoms with Gasteiger partial charge in [0.25, 0.3) is 0 Å². The van der Waals surface area contributed by atoms with Gasteiger partial charge in [0.05, 0.1) is 0 Å². The number of hydrogen-bond donors (Lipinski definition) is 0. The molecule has 1 atom stereocenters. The van der Waals surface area contributed by atoms with Crippen LogP contribution in [-0.4, -0.2) is 0 Å². The molecule has 0 amide bonds. The zero-order valence-corrected chi connectivity index (χ0v) is 16.0. The monoisotopic (exact) mass is 330 g/mol.